The summed E-state index contributed by atoms with van der Waals surface area (Å²) >= 11 is 0. The van der Waals surface area contributed by atoms with E-state index < -0.39 is 0 Å². The van der Waals surface area contributed by atoms with Crippen molar-refractivity contribution in [3.05, 3.63) is 30.0 Å². The predicted molar refractivity (Wildman–Crippen MR) is 83.8 cm³/mol. The number of nitrogens with zero attached hydrogens (tertiary/aromatic N) is 1. The first-order valence-electron chi connectivity index (χ1n) is 7.47. The van der Waals surface area contributed by atoms with Crippen LogP contribution in [0, 0.1) is 0 Å². The average Bonchev–Trinajstić information content (AvgIpc) is 2.53. The summed E-state index contributed by atoms with van der Waals surface area (Å²) < 4.78 is 10.7. The normalized spacial score (nSPS) is 17.7. The Morgan fingerprint density at radius 3 is 2.33 bits per heavy atom. The van der Waals surface area contributed by atoms with Crippen LogP contribution in [0.1, 0.15) is 37.7 Å². The lowest BCUT2D eigenvalue weighted by Crippen LogP contribution is -2.38. The number of fused-ring (bicyclic) bond motifs is 1. The minimum absolute atomic E-state index is 0.230. The van der Waals surface area contributed by atoms with Crippen LogP contribution in [0.5, 0.6) is 11.5 Å². The van der Waals surface area contributed by atoms with E-state index in [2.05, 4.69) is 11.1 Å². The lowest BCUT2D eigenvalue weighted by molar-refractivity contribution is 0.302. The first-order chi connectivity index (χ1) is 10.2. The molecule has 2 aromatic rings. The first-order valence-corrected chi connectivity index (χ1v) is 7.47. The zero-order chi connectivity index (χ0) is 14.9. The Labute approximate surface area is 125 Å². The molecule has 0 atom stereocenters. The molecule has 1 aliphatic carbocycles. The summed E-state index contributed by atoms with van der Waals surface area (Å²) in [4.78, 5) is 4.57. The van der Waals surface area contributed by atoms with Crippen LogP contribution in [-0.4, -0.2) is 19.2 Å². The van der Waals surface area contributed by atoms with E-state index >= 15 is 0 Å². The molecule has 0 unspecified atom stereocenters. The maximum absolute atomic E-state index is 6.60. The summed E-state index contributed by atoms with van der Waals surface area (Å²) in [7, 11) is 3.28. The van der Waals surface area contributed by atoms with Gasteiger partial charge in [-0.2, -0.15) is 0 Å². The van der Waals surface area contributed by atoms with E-state index in [-0.39, 0.29) is 5.54 Å². The van der Waals surface area contributed by atoms with Crippen LogP contribution in [0.25, 0.3) is 10.9 Å². The number of benzene rings is 1. The van der Waals surface area contributed by atoms with Crippen molar-refractivity contribution in [1.29, 1.82) is 0 Å². The summed E-state index contributed by atoms with van der Waals surface area (Å²) in [6, 6.07) is 6.02. The first kappa shape index (κ1) is 14.1. The maximum atomic E-state index is 6.60. The molecule has 1 fully saturated rings. The van der Waals surface area contributed by atoms with Crippen LogP contribution in [-0.2, 0) is 5.54 Å². The third kappa shape index (κ3) is 2.56. The van der Waals surface area contributed by atoms with Crippen molar-refractivity contribution in [2.45, 2.75) is 37.6 Å². The molecule has 112 valence electrons. The second-order valence-electron chi connectivity index (χ2n) is 5.84. The van der Waals surface area contributed by atoms with Gasteiger partial charge in [0.1, 0.15) is 0 Å². The number of aromatic nitrogens is 1. The summed E-state index contributed by atoms with van der Waals surface area (Å²) in [6.07, 6.45) is 7.66. The van der Waals surface area contributed by atoms with Gasteiger partial charge in [-0.3, -0.25) is 4.98 Å². The molecule has 21 heavy (non-hydrogen) atoms. The fourth-order valence-electron chi connectivity index (χ4n) is 3.20. The van der Waals surface area contributed by atoms with Gasteiger partial charge in [-0.25, -0.2) is 0 Å². The van der Waals surface area contributed by atoms with E-state index in [4.69, 9.17) is 15.2 Å². The van der Waals surface area contributed by atoms with Crippen LogP contribution in [0.4, 0.5) is 0 Å². The van der Waals surface area contributed by atoms with E-state index in [1.54, 1.807) is 14.2 Å². The van der Waals surface area contributed by atoms with Gasteiger partial charge in [-0.1, -0.05) is 19.3 Å². The number of hydrogen-bond donors (Lipinski definition) is 1. The fraction of sp³-hybridized carbons (Fsp3) is 0.471. The topological polar surface area (TPSA) is 57.4 Å². The van der Waals surface area contributed by atoms with Crippen LogP contribution < -0.4 is 15.2 Å². The van der Waals surface area contributed by atoms with Crippen molar-refractivity contribution in [1.82, 2.24) is 4.98 Å². The van der Waals surface area contributed by atoms with E-state index in [1.165, 1.54) is 19.3 Å². The van der Waals surface area contributed by atoms with Gasteiger partial charge in [0.05, 0.1) is 19.7 Å². The molecular weight excluding hydrogens is 264 g/mol. The van der Waals surface area contributed by atoms with Gasteiger partial charge >= 0.3 is 0 Å². The lowest BCUT2D eigenvalue weighted by Gasteiger charge is -2.33. The second kappa shape index (κ2) is 5.53. The molecule has 0 bridgehead atoms. The molecule has 1 aliphatic rings. The van der Waals surface area contributed by atoms with Gasteiger partial charge in [0.15, 0.2) is 11.5 Å². The number of rotatable bonds is 3. The van der Waals surface area contributed by atoms with Crippen LogP contribution in [0.2, 0.25) is 0 Å². The van der Waals surface area contributed by atoms with E-state index in [0.717, 1.165) is 35.1 Å². The smallest absolute Gasteiger partial charge is 0.162 e. The van der Waals surface area contributed by atoms with Gasteiger partial charge in [-0.05, 0) is 30.5 Å². The molecular formula is C17H22N2O2. The SMILES string of the molecule is COc1cc2cc(C3(N)CCCCC3)cnc2cc1OC. The summed E-state index contributed by atoms with van der Waals surface area (Å²) in [5.41, 5.74) is 8.40. The number of pyridine rings is 1. The van der Waals surface area contributed by atoms with Crippen molar-refractivity contribution in [2.75, 3.05) is 14.2 Å². The van der Waals surface area contributed by atoms with Crippen molar-refractivity contribution in [3.63, 3.8) is 0 Å². The number of ether oxygens (including phenoxy) is 2. The van der Waals surface area contributed by atoms with Crippen molar-refractivity contribution in [2.24, 2.45) is 5.73 Å². The monoisotopic (exact) mass is 286 g/mol. The van der Waals surface area contributed by atoms with E-state index in [1.807, 2.05) is 18.3 Å². The van der Waals surface area contributed by atoms with E-state index in [0.29, 0.717) is 5.75 Å². The molecule has 0 radical (unpaired) electrons. The lowest BCUT2D eigenvalue weighted by atomic mass is 9.78. The average molecular weight is 286 g/mol. The Morgan fingerprint density at radius 1 is 1.00 bits per heavy atom. The predicted octanol–water partition coefficient (Wildman–Crippen LogP) is 3.37. The molecule has 1 heterocycles. The molecule has 0 aliphatic heterocycles. The number of methoxy groups -OCH3 is 2. The van der Waals surface area contributed by atoms with Crippen LogP contribution in [0.3, 0.4) is 0 Å². The van der Waals surface area contributed by atoms with Crippen LogP contribution in [0.15, 0.2) is 24.4 Å². The van der Waals surface area contributed by atoms with Gasteiger partial charge in [0.2, 0.25) is 0 Å². The Balaban J connectivity index is 2.07. The highest BCUT2D eigenvalue weighted by molar-refractivity contribution is 5.83. The third-order valence-corrected chi connectivity index (χ3v) is 4.51. The third-order valence-electron chi connectivity index (χ3n) is 4.51. The standard InChI is InChI=1S/C17H22N2O2/c1-20-15-9-12-8-13(17(18)6-4-3-5-7-17)11-19-14(12)10-16(15)21-2/h8-11H,3-7,18H2,1-2H3. The number of hydrogen-bond acceptors (Lipinski definition) is 4. The Bertz CT molecular complexity index is 649. The van der Waals surface area contributed by atoms with Crippen LogP contribution >= 0.6 is 0 Å². The van der Waals surface area contributed by atoms with Gasteiger partial charge < -0.3 is 15.2 Å². The minimum Gasteiger partial charge on any atom is -0.493 e. The molecule has 1 aromatic carbocycles. The van der Waals surface area contributed by atoms with E-state index in [9.17, 15) is 0 Å². The highest BCUT2D eigenvalue weighted by Crippen LogP contribution is 2.37. The highest BCUT2D eigenvalue weighted by atomic mass is 16.5. The molecule has 0 saturated heterocycles. The van der Waals surface area contributed by atoms with Gasteiger partial charge in [-0.15, -0.1) is 0 Å². The molecule has 1 aromatic heterocycles. The van der Waals surface area contributed by atoms with Crippen molar-refractivity contribution in [3.8, 4) is 11.5 Å². The summed E-state index contributed by atoms with van der Waals surface area (Å²) in [5.74, 6) is 1.42. The molecule has 1 saturated carbocycles. The molecule has 3 rings (SSSR count). The quantitative estimate of drug-likeness (QED) is 0.940. The van der Waals surface area contributed by atoms with Crippen molar-refractivity contribution < 1.29 is 9.47 Å². The Kier molecular flexibility index (Phi) is 3.72. The maximum Gasteiger partial charge on any atom is 0.162 e. The highest BCUT2D eigenvalue weighted by Gasteiger charge is 2.29. The summed E-state index contributed by atoms with van der Waals surface area (Å²) in [6.45, 7) is 0. The zero-order valence-electron chi connectivity index (χ0n) is 12.7. The number of nitrogens with two attached hydrogens (primary N) is 1. The van der Waals surface area contributed by atoms with Gasteiger partial charge in [0, 0.05) is 23.2 Å². The van der Waals surface area contributed by atoms with Crippen molar-refractivity contribution >= 4 is 10.9 Å². The molecule has 0 amide bonds. The fourth-order valence-corrected chi connectivity index (χ4v) is 3.20. The molecule has 4 nitrogen and oxygen atoms in total. The Hall–Kier alpha value is -1.81. The Morgan fingerprint density at radius 2 is 1.67 bits per heavy atom. The zero-order valence-corrected chi connectivity index (χ0v) is 12.7. The molecule has 0 spiro atoms. The van der Waals surface area contributed by atoms with Gasteiger partial charge in [0.25, 0.3) is 0 Å². The molecule has 2 N–H and O–H groups in total. The molecule has 4 heteroatoms. The summed E-state index contributed by atoms with van der Waals surface area (Å²) in [5, 5.41) is 1.04. The minimum atomic E-state index is -0.230. The largest absolute Gasteiger partial charge is 0.493 e. The second-order valence-corrected chi connectivity index (χ2v) is 5.84.